The highest BCUT2D eigenvalue weighted by atomic mass is 32.2. The molecule has 0 unspecified atom stereocenters. The molecule has 1 fully saturated rings. The van der Waals surface area contributed by atoms with Crippen molar-refractivity contribution in [3.8, 4) is 5.75 Å². The molecule has 30 heavy (non-hydrogen) atoms. The Morgan fingerprint density at radius 3 is 2.63 bits per heavy atom. The number of anilines is 1. The number of hydrogen-bond donors (Lipinski definition) is 2. The average Bonchev–Trinajstić information content (AvgIpc) is 2.99. The van der Waals surface area contributed by atoms with E-state index in [1.165, 1.54) is 17.0 Å². The van der Waals surface area contributed by atoms with Crippen molar-refractivity contribution in [1.29, 1.82) is 0 Å². The van der Waals surface area contributed by atoms with Gasteiger partial charge in [0.15, 0.2) is 0 Å². The molecule has 3 rings (SSSR count). The van der Waals surface area contributed by atoms with Gasteiger partial charge in [-0.3, -0.25) is 14.5 Å². The zero-order chi connectivity index (χ0) is 21.7. The molecule has 0 atom stereocenters. The summed E-state index contributed by atoms with van der Waals surface area (Å²) >= 11 is 6.46. The van der Waals surface area contributed by atoms with Crippen molar-refractivity contribution in [2.45, 2.75) is 6.42 Å². The SMILES string of the molecule is COc1ccccc1/C=C1/SC(=S)N(CCC(=O)Nc2ccccc2C(=O)O)C1=O. The number of carboxylic acid groups (broad SMARTS) is 1. The number of nitrogens with zero attached hydrogens (tertiary/aromatic N) is 1. The Morgan fingerprint density at radius 2 is 1.90 bits per heavy atom. The molecule has 0 bridgehead atoms. The predicted molar refractivity (Wildman–Crippen MR) is 120 cm³/mol. The monoisotopic (exact) mass is 442 g/mol. The van der Waals surface area contributed by atoms with Gasteiger partial charge in [-0.1, -0.05) is 54.3 Å². The number of nitrogens with one attached hydrogen (secondary N) is 1. The molecule has 2 aromatic carbocycles. The van der Waals surface area contributed by atoms with Crippen LogP contribution in [0.3, 0.4) is 0 Å². The zero-order valence-electron chi connectivity index (χ0n) is 16.0. The molecule has 154 valence electrons. The minimum absolute atomic E-state index is 0.00352. The van der Waals surface area contributed by atoms with E-state index in [9.17, 15) is 19.5 Å². The Balaban J connectivity index is 1.66. The van der Waals surface area contributed by atoms with E-state index >= 15 is 0 Å². The number of thioether (sulfide) groups is 1. The van der Waals surface area contributed by atoms with E-state index in [0.29, 0.717) is 15.0 Å². The molecule has 0 radical (unpaired) electrons. The first-order chi connectivity index (χ1) is 14.4. The number of hydrogen-bond acceptors (Lipinski definition) is 6. The smallest absolute Gasteiger partial charge is 0.337 e. The van der Waals surface area contributed by atoms with E-state index in [1.54, 1.807) is 31.4 Å². The molecule has 2 N–H and O–H groups in total. The molecule has 1 heterocycles. The van der Waals surface area contributed by atoms with Crippen LogP contribution in [0.25, 0.3) is 6.08 Å². The van der Waals surface area contributed by atoms with Gasteiger partial charge < -0.3 is 15.2 Å². The van der Waals surface area contributed by atoms with Crippen LogP contribution in [0, 0.1) is 0 Å². The number of para-hydroxylation sites is 2. The summed E-state index contributed by atoms with van der Waals surface area (Å²) in [6.07, 6.45) is 1.68. The summed E-state index contributed by atoms with van der Waals surface area (Å²) in [6, 6.07) is 13.4. The van der Waals surface area contributed by atoms with E-state index in [4.69, 9.17) is 17.0 Å². The van der Waals surface area contributed by atoms with Gasteiger partial charge >= 0.3 is 5.97 Å². The molecule has 0 aromatic heterocycles. The summed E-state index contributed by atoms with van der Waals surface area (Å²) < 4.78 is 5.66. The number of amides is 2. The second kappa shape index (κ2) is 9.55. The van der Waals surface area contributed by atoms with Gasteiger partial charge in [-0.15, -0.1) is 0 Å². The number of thiocarbonyl (C=S) groups is 1. The van der Waals surface area contributed by atoms with E-state index < -0.39 is 11.9 Å². The quantitative estimate of drug-likeness (QED) is 0.499. The summed E-state index contributed by atoms with van der Waals surface area (Å²) in [5, 5.41) is 11.8. The van der Waals surface area contributed by atoms with E-state index in [2.05, 4.69) is 5.32 Å². The second-order valence-corrected chi connectivity index (χ2v) is 7.90. The molecule has 2 aromatic rings. The lowest BCUT2D eigenvalue weighted by atomic mass is 10.1. The van der Waals surface area contributed by atoms with Crippen molar-refractivity contribution in [1.82, 2.24) is 4.90 Å². The largest absolute Gasteiger partial charge is 0.496 e. The second-order valence-electron chi connectivity index (χ2n) is 6.22. The van der Waals surface area contributed by atoms with Crippen LogP contribution in [0.2, 0.25) is 0 Å². The van der Waals surface area contributed by atoms with Crippen LogP contribution in [-0.2, 0) is 9.59 Å². The van der Waals surface area contributed by atoms with Crippen LogP contribution in [0.1, 0.15) is 22.3 Å². The van der Waals surface area contributed by atoms with Crippen molar-refractivity contribution in [3.63, 3.8) is 0 Å². The van der Waals surface area contributed by atoms with Gasteiger partial charge in [-0.25, -0.2) is 4.79 Å². The highest BCUT2D eigenvalue weighted by Gasteiger charge is 2.32. The molecular formula is C21H18N2O5S2. The minimum atomic E-state index is -1.13. The number of carbonyl (C=O) groups excluding carboxylic acids is 2. The molecule has 0 aliphatic carbocycles. The molecule has 7 nitrogen and oxygen atoms in total. The topological polar surface area (TPSA) is 95.9 Å². The molecule has 1 saturated heterocycles. The van der Waals surface area contributed by atoms with E-state index in [-0.39, 0.29) is 30.1 Å². The third-order valence-corrected chi connectivity index (χ3v) is 5.67. The van der Waals surface area contributed by atoms with Crippen LogP contribution >= 0.6 is 24.0 Å². The van der Waals surface area contributed by atoms with Crippen LogP contribution < -0.4 is 10.1 Å². The molecule has 1 aliphatic heterocycles. The van der Waals surface area contributed by atoms with Crippen molar-refractivity contribution >= 4 is 57.8 Å². The maximum absolute atomic E-state index is 12.7. The van der Waals surface area contributed by atoms with Crippen LogP contribution in [-0.4, -0.2) is 45.8 Å². The number of carbonyl (C=O) groups is 3. The Hall–Kier alpha value is -3.17. The van der Waals surface area contributed by atoms with Crippen LogP contribution in [0.15, 0.2) is 53.4 Å². The van der Waals surface area contributed by atoms with Gasteiger partial charge in [-0.05, 0) is 24.3 Å². The highest BCUT2D eigenvalue weighted by molar-refractivity contribution is 8.26. The average molecular weight is 443 g/mol. The van der Waals surface area contributed by atoms with Crippen molar-refractivity contribution in [2.75, 3.05) is 19.0 Å². The fourth-order valence-electron chi connectivity index (χ4n) is 2.82. The van der Waals surface area contributed by atoms with E-state index in [0.717, 1.165) is 17.3 Å². The summed E-state index contributed by atoms with van der Waals surface area (Å²) in [4.78, 5) is 38.1. The standard InChI is InChI=1S/C21H18N2O5S2/c1-28-16-9-5-2-6-13(16)12-17-19(25)23(21(29)30-17)11-10-18(24)22-15-8-4-3-7-14(15)20(26)27/h2-9,12H,10-11H2,1H3,(H,22,24)(H,26,27)/b17-12+. The summed E-state index contributed by atoms with van der Waals surface area (Å²) in [5.74, 6) is -1.19. The Bertz CT molecular complexity index is 1050. The minimum Gasteiger partial charge on any atom is -0.496 e. The first-order valence-corrected chi connectivity index (χ1v) is 10.1. The fraction of sp³-hybridized carbons (Fsp3) is 0.143. The molecular weight excluding hydrogens is 424 g/mol. The molecule has 1 aliphatic rings. The Kier molecular flexibility index (Phi) is 6.86. The van der Waals surface area contributed by atoms with Gasteiger partial charge in [0.25, 0.3) is 5.91 Å². The van der Waals surface area contributed by atoms with E-state index in [1.807, 2.05) is 18.2 Å². The lowest BCUT2D eigenvalue weighted by Gasteiger charge is -2.14. The maximum atomic E-state index is 12.7. The lowest BCUT2D eigenvalue weighted by molar-refractivity contribution is -0.122. The number of methoxy groups -OCH3 is 1. The van der Waals surface area contributed by atoms with Gasteiger partial charge in [0, 0.05) is 18.5 Å². The third-order valence-electron chi connectivity index (χ3n) is 4.29. The highest BCUT2D eigenvalue weighted by Crippen LogP contribution is 2.34. The first kappa shape index (κ1) is 21.5. The number of rotatable bonds is 7. The molecule has 0 spiro atoms. The summed E-state index contributed by atoms with van der Waals surface area (Å²) in [6.45, 7) is 0.0923. The van der Waals surface area contributed by atoms with Crippen molar-refractivity contribution in [3.05, 3.63) is 64.6 Å². The number of benzene rings is 2. The van der Waals surface area contributed by atoms with Crippen LogP contribution in [0.5, 0.6) is 5.75 Å². The molecule has 9 heteroatoms. The van der Waals surface area contributed by atoms with Gasteiger partial charge in [0.1, 0.15) is 10.1 Å². The Labute approximate surface area is 182 Å². The fourth-order valence-corrected chi connectivity index (χ4v) is 4.12. The normalized spacial score (nSPS) is 14.8. The summed E-state index contributed by atoms with van der Waals surface area (Å²) in [5.41, 5.74) is 0.955. The first-order valence-electron chi connectivity index (χ1n) is 8.91. The Morgan fingerprint density at radius 1 is 1.20 bits per heavy atom. The van der Waals surface area contributed by atoms with Crippen molar-refractivity contribution < 1.29 is 24.2 Å². The number of ether oxygens (including phenoxy) is 1. The van der Waals surface area contributed by atoms with Gasteiger partial charge in [-0.2, -0.15) is 0 Å². The zero-order valence-corrected chi connectivity index (χ0v) is 17.6. The van der Waals surface area contributed by atoms with Gasteiger partial charge in [0.05, 0.1) is 23.3 Å². The van der Waals surface area contributed by atoms with Crippen molar-refractivity contribution in [2.24, 2.45) is 0 Å². The summed E-state index contributed by atoms with van der Waals surface area (Å²) in [7, 11) is 1.55. The number of carboxylic acids is 1. The van der Waals surface area contributed by atoms with Gasteiger partial charge in [0.2, 0.25) is 5.91 Å². The third kappa shape index (κ3) is 4.87. The molecule has 2 amide bonds. The predicted octanol–water partition coefficient (Wildman–Crippen LogP) is 3.62. The maximum Gasteiger partial charge on any atom is 0.337 e. The molecule has 0 saturated carbocycles. The lowest BCUT2D eigenvalue weighted by Crippen LogP contribution is -2.31. The van der Waals surface area contributed by atoms with Crippen LogP contribution in [0.4, 0.5) is 5.69 Å². The number of aromatic carboxylic acids is 1.